The van der Waals surface area contributed by atoms with E-state index < -0.39 is 0 Å². The molecular weight excluding hydrogens is 296 g/mol. The van der Waals surface area contributed by atoms with Crippen LogP contribution in [0.5, 0.6) is 0 Å². The van der Waals surface area contributed by atoms with Crippen molar-refractivity contribution in [3.63, 3.8) is 0 Å². The van der Waals surface area contributed by atoms with E-state index in [1.54, 1.807) is 18.0 Å². The molecule has 0 radical (unpaired) electrons. The van der Waals surface area contributed by atoms with Gasteiger partial charge in [-0.3, -0.25) is 0 Å². The Bertz CT molecular complexity index is 497. The van der Waals surface area contributed by atoms with E-state index in [2.05, 4.69) is 45.2 Å². The van der Waals surface area contributed by atoms with Gasteiger partial charge in [-0.15, -0.1) is 0 Å². The third-order valence-electron chi connectivity index (χ3n) is 2.35. The molecule has 4 heteroatoms. The second-order valence-corrected chi connectivity index (χ2v) is 5.67. The molecule has 0 aliphatic carbocycles. The smallest absolute Gasteiger partial charge is 0.115 e. The first-order chi connectivity index (χ1) is 8.16. The summed E-state index contributed by atoms with van der Waals surface area (Å²) in [4.78, 5) is 5.48. The minimum absolute atomic E-state index is 0.0793. The molecule has 2 aromatic rings. The molecule has 1 aromatic carbocycles. The molecule has 1 aromatic heterocycles. The zero-order valence-corrected chi connectivity index (χ0v) is 11.8. The van der Waals surface area contributed by atoms with Crippen LogP contribution in [0.4, 0.5) is 0 Å². The molecule has 0 spiro atoms. The van der Waals surface area contributed by atoms with E-state index in [9.17, 15) is 0 Å². The molecule has 0 bridgehead atoms. The van der Waals surface area contributed by atoms with Gasteiger partial charge in [-0.05, 0) is 52.7 Å². The highest BCUT2D eigenvalue weighted by atomic mass is 79.9. The Morgan fingerprint density at radius 1 is 1.24 bits per heavy atom. The number of benzene rings is 1. The van der Waals surface area contributed by atoms with Gasteiger partial charge in [0.1, 0.15) is 5.03 Å². The van der Waals surface area contributed by atoms with Crippen molar-refractivity contribution in [3.8, 4) is 0 Å². The van der Waals surface area contributed by atoms with Gasteiger partial charge in [0.25, 0.3) is 0 Å². The van der Waals surface area contributed by atoms with Crippen LogP contribution in [-0.2, 0) is 0 Å². The zero-order chi connectivity index (χ0) is 12.3. The summed E-state index contributed by atoms with van der Waals surface area (Å²) in [7, 11) is 0. The average Bonchev–Trinajstić information content (AvgIpc) is 2.33. The van der Waals surface area contributed by atoms with E-state index in [0.717, 1.165) is 20.0 Å². The van der Waals surface area contributed by atoms with Gasteiger partial charge in [-0.1, -0.05) is 23.9 Å². The summed E-state index contributed by atoms with van der Waals surface area (Å²) in [6.45, 7) is 1.98. The third kappa shape index (κ3) is 3.31. The SMILES string of the molecule is C[C@@H](N)c1ccc(Sc2ncccc2Br)cc1. The molecule has 2 N–H and O–H groups in total. The predicted molar refractivity (Wildman–Crippen MR) is 75.1 cm³/mol. The second-order valence-electron chi connectivity index (χ2n) is 3.75. The first-order valence-corrected chi connectivity index (χ1v) is 6.91. The second kappa shape index (κ2) is 5.67. The van der Waals surface area contributed by atoms with Gasteiger partial charge < -0.3 is 5.73 Å². The maximum Gasteiger partial charge on any atom is 0.115 e. The van der Waals surface area contributed by atoms with E-state index in [4.69, 9.17) is 5.73 Å². The summed E-state index contributed by atoms with van der Waals surface area (Å²) in [5.41, 5.74) is 6.96. The molecule has 17 heavy (non-hydrogen) atoms. The normalized spacial score (nSPS) is 12.4. The first-order valence-electron chi connectivity index (χ1n) is 5.31. The standard InChI is InChI=1S/C13H13BrN2S/c1-9(15)10-4-6-11(7-5-10)17-13-12(14)3-2-8-16-13/h2-9H,15H2,1H3/t9-/m1/s1. The Morgan fingerprint density at radius 2 is 1.94 bits per heavy atom. The number of hydrogen-bond acceptors (Lipinski definition) is 3. The Kier molecular flexibility index (Phi) is 4.20. The summed E-state index contributed by atoms with van der Waals surface area (Å²) in [6.07, 6.45) is 1.80. The molecule has 2 nitrogen and oxygen atoms in total. The number of rotatable bonds is 3. The fourth-order valence-corrected chi connectivity index (χ4v) is 2.67. The van der Waals surface area contributed by atoms with E-state index in [1.165, 1.54) is 0 Å². The lowest BCUT2D eigenvalue weighted by Crippen LogP contribution is -2.04. The van der Waals surface area contributed by atoms with E-state index in [1.807, 2.05) is 19.1 Å². The fourth-order valence-electron chi connectivity index (χ4n) is 1.40. The molecule has 1 atom stereocenters. The van der Waals surface area contributed by atoms with Crippen LogP contribution < -0.4 is 5.73 Å². The summed E-state index contributed by atoms with van der Waals surface area (Å²) < 4.78 is 1.02. The minimum Gasteiger partial charge on any atom is -0.324 e. The number of aromatic nitrogens is 1. The van der Waals surface area contributed by atoms with Crippen LogP contribution >= 0.6 is 27.7 Å². The van der Waals surface area contributed by atoms with E-state index >= 15 is 0 Å². The van der Waals surface area contributed by atoms with Crippen molar-refractivity contribution in [1.82, 2.24) is 4.98 Å². The van der Waals surface area contributed by atoms with Crippen LogP contribution in [0.1, 0.15) is 18.5 Å². The molecule has 0 aliphatic heterocycles. The zero-order valence-electron chi connectivity index (χ0n) is 9.43. The van der Waals surface area contributed by atoms with Crippen LogP contribution in [0.25, 0.3) is 0 Å². The first kappa shape index (κ1) is 12.6. The van der Waals surface area contributed by atoms with Gasteiger partial charge in [0.05, 0.1) is 4.47 Å². The number of pyridine rings is 1. The maximum atomic E-state index is 5.81. The van der Waals surface area contributed by atoms with Crippen LogP contribution in [0.3, 0.4) is 0 Å². The Labute approximate surface area is 114 Å². The molecule has 0 saturated heterocycles. The van der Waals surface area contributed by atoms with E-state index in [0.29, 0.717) is 0 Å². The molecule has 1 heterocycles. The third-order valence-corrected chi connectivity index (χ3v) is 4.27. The molecular formula is C13H13BrN2S. The van der Waals surface area contributed by atoms with Gasteiger partial charge in [0, 0.05) is 17.1 Å². The number of nitrogens with zero attached hydrogens (tertiary/aromatic N) is 1. The van der Waals surface area contributed by atoms with Gasteiger partial charge in [0.15, 0.2) is 0 Å². The molecule has 0 amide bonds. The number of halogens is 1. The van der Waals surface area contributed by atoms with Crippen molar-refractivity contribution in [2.45, 2.75) is 22.9 Å². The highest BCUT2D eigenvalue weighted by Crippen LogP contribution is 2.31. The minimum atomic E-state index is 0.0793. The summed E-state index contributed by atoms with van der Waals surface area (Å²) in [6, 6.07) is 12.2. The summed E-state index contributed by atoms with van der Waals surface area (Å²) >= 11 is 5.12. The predicted octanol–water partition coefficient (Wildman–Crippen LogP) is 4.02. The van der Waals surface area contributed by atoms with Crippen molar-refractivity contribution in [2.75, 3.05) is 0 Å². The van der Waals surface area contributed by atoms with Gasteiger partial charge in [0.2, 0.25) is 0 Å². The molecule has 88 valence electrons. The van der Waals surface area contributed by atoms with Crippen molar-refractivity contribution < 1.29 is 0 Å². The van der Waals surface area contributed by atoms with Crippen LogP contribution in [0.2, 0.25) is 0 Å². The lowest BCUT2D eigenvalue weighted by Gasteiger charge is -2.07. The largest absolute Gasteiger partial charge is 0.324 e. The Hall–Kier alpha value is -0.840. The lowest BCUT2D eigenvalue weighted by molar-refractivity contribution is 0.817. The van der Waals surface area contributed by atoms with Crippen LogP contribution in [-0.4, -0.2) is 4.98 Å². The Balaban J connectivity index is 2.17. The Morgan fingerprint density at radius 3 is 2.53 bits per heavy atom. The van der Waals surface area contributed by atoms with Crippen LogP contribution in [0.15, 0.2) is 57.0 Å². The van der Waals surface area contributed by atoms with Crippen LogP contribution in [0, 0.1) is 0 Å². The maximum absolute atomic E-state index is 5.81. The molecule has 0 unspecified atom stereocenters. The number of nitrogens with two attached hydrogens (primary N) is 1. The fraction of sp³-hybridized carbons (Fsp3) is 0.154. The monoisotopic (exact) mass is 308 g/mol. The highest BCUT2D eigenvalue weighted by Gasteiger charge is 2.04. The van der Waals surface area contributed by atoms with Gasteiger partial charge in [-0.2, -0.15) is 0 Å². The average molecular weight is 309 g/mol. The van der Waals surface area contributed by atoms with Crippen molar-refractivity contribution >= 4 is 27.7 Å². The molecule has 0 saturated carbocycles. The molecule has 0 aliphatic rings. The van der Waals surface area contributed by atoms with Crippen molar-refractivity contribution in [2.24, 2.45) is 5.73 Å². The highest BCUT2D eigenvalue weighted by molar-refractivity contribution is 9.10. The molecule has 0 fully saturated rings. The summed E-state index contributed by atoms with van der Waals surface area (Å²) in [5, 5.41) is 0.973. The lowest BCUT2D eigenvalue weighted by atomic mass is 10.1. The van der Waals surface area contributed by atoms with E-state index in [-0.39, 0.29) is 6.04 Å². The van der Waals surface area contributed by atoms with Crippen molar-refractivity contribution in [1.29, 1.82) is 0 Å². The van der Waals surface area contributed by atoms with Crippen molar-refractivity contribution in [3.05, 3.63) is 52.6 Å². The van der Waals surface area contributed by atoms with Gasteiger partial charge >= 0.3 is 0 Å². The summed E-state index contributed by atoms with van der Waals surface area (Å²) in [5.74, 6) is 0. The quantitative estimate of drug-likeness (QED) is 0.931. The topological polar surface area (TPSA) is 38.9 Å². The number of hydrogen-bond donors (Lipinski definition) is 1. The van der Waals surface area contributed by atoms with Gasteiger partial charge in [-0.25, -0.2) is 4.98 Å². The molecule has 2 rings (SSSR count).